The number of aryl methyl sites for hydroxylation is 1. The lowest BCUT2D eigenvalue weighted by molar-refractivity contribution is -0.118. The summed E-state index contributed by atoms with van der Waals surface area (Å²) >= 11 is 1.46. The number of hydrogen-bond acceptors (Lipinski definition) is 5. The van der Waals surface area contributed by atoms with Crippen LogP contribution < -0.4 is 14.4 Å². The molecule has 1 heterocycles. The number of carbonyl (C=O) groups is 1. The van der Waals surface area contributed by atoms with Gasteiger partial charge in [-0.1, -0.05) is 42.5 Å². The average molecular weight is 409 g/mol. The zero-order valence-corrected chi connectivity index (χ0v) is 17.4. The standard InChI is InChI=1S/C23H24N2O3S/c1-4-14-25(23-24-19(16-29-23)18-8-6-5-7-9-18)22(26)13-11-17-10-12-20(27-2)21(15-17)28-3/h4-10,12,15-16H,1,11,13-14H2,2-3H3. The van der Waals surface area contributed by atoms with E-state index in [0.29, 0.717) is 36.0 Å². The van der Waals surface area contributed by atoms with Crippen LogP contribution in [0, 0.1) is 0 Å². The van der Waals surface area contributed by atoms with E-state index in [1.54, 1.807) is 25.2 Å². The van der Waals surface area contributed by atoms with Gasteiger partial charge in [-0.25, -0.2) is 4.98 Å². The number of thiazole rings is 1. The minimum Gasteiger partial charge on any atom is -0.493 e. The fourth-order valence-electron chi connectivity index (χ4n) is 2.97. The molecule has 0 aliphatic heterocycles. The molecule has 0 radical (unpaired) electrons. The first kappa shape index (κ1) is 20.6. The lowest BCUT2D eigenvalue weighted by Crippen LogP contribution is -2.31. The van der Waals surface area contributed by atoms with E-state index in [-0.39, 0.29) is 5.91 Å². The van der Waals surface area contributed by atoms with Crippen LogP contribution >= 0.6 is 11.3 Å². The first-order valence-corrected chi connectivity index (χ1v) is 10.2. The molecule has 0 saturated carbocycles. The molecule has 3 aromatic rings. The summed E-state index contributed by atoms with van der Waals surface area (Å²) in [5, 5.41) is 2.66. The highest BCUT2D eigenvalue weighted by atomic mass is 32.1. The van der Waals surface area contributed by atoms with Gasteiger partial charge in [0.2, 0.25) is 5.91 Å². The van der Waals surface area contributed by atoms with Crippen LogP contribution in [0.3, 0.4) is 0 Å². The highest BCUT2D eigenvalue weighted by Crippen LogP contribution is 2.29. The van der Waals surface area contributed by atoms with E-state index < -0.39 is 0 Å². The van der Waals surface area contributed by atoms with Crippen molar-refractivity contribution >= 4 is 22.4 Å². The minimum absolute atomic E-state index is 0.00801. The molecule has 150 valence electrons. The Hall–Kier alpha value is -3.12. The van der Waals surface area contributed by atoms with Gasteiger partial charge in [0.05, 0.1) is 19.9 Å². The van der Waals surface area contributed by atoms with Crippen LogP contribution in [0.15, 0.2) is 66.6 Å². The second kappa shape index (κ2) is 9.89. The lowest BCUT2D eigenvalue weighted by atomic mass is 10.1. The van der Waals surface area contributed by atoms with E-state index in [9.17, 15) is 4.79 Å². The fraction of sp³-hybridized carbons (Fsp3) is 0.217. The topological polar surface area (TPSA) is 51.7 Å². The van der Waals surface area contributed by atoms with E-state index in [1.165, 1.54) is 11.3 Å². The average Bonchev–Trinajstić information content (AvgIpc) is 3.26. The largest absolute Gasteiger partial charge is 0.493 e. The van der Waals surface area contributed by atoms with Gasteiger partial charge in [0.1, 0.15) is 0 Å². The quantitative estimate of drug-likeness (QED) is 0.469. The maximum atomic E-state index is 12.9. The van der Waals surface area contributed by atoms with E-state index in [0.717, 1.165) is 16.8 Å². The molecule has 2 aromatic carbocycles. The summed E-state index contributed by atoms with van der Waals surface area (Å²) in [6.07, 6.45) is 2.69. The molecular formula is C23H24N2O3S. The molecule has 6 heteroatoms. The van der Waals surface area contributed by atoms with Gasteiger partial charge in [-0.3, -0.25) is 9.69 Å². The number of benzene rings is 2. The van der Waals surface area contributed by atoms with E-state index in [4.69, 9.17) is 9.47 Å². The number of aromatic nitrogens is 1. The van der Waals surface area contributed by atoms with Crippen molar-refractivity contribution in [3.05, 3.63) is 72.1 Å². The summed E-state index contributed by atoms with van der Waals surface area (Å²) in [5.41, 5.74) is 2.91. The molecule has 0 unspecified atom stereocenters. The molecule has 0 atom stereocenters. The van der Waals surface area contributed by atoms with Gasteiger partial charge in [0.15, 0.2) is 16.6 Å². The van der Waals surface area contributed by atoms with E-state index in [1.807, 2.05) is 53.9 Å². The van der Waals surface area contributed by atoms with Gasteiger partial charge in [0.25, 0.3) is 0 Å². The molecule has 0 N–H and O–H groups in total. The van der Waals surface area contributed by atoms with Gasteiger partial charge in [-0.05, 0) is 24.1 Å². The summed E-state index contributed by atoms with van der Waals surface area (Å²) in [7, 11) is 3.21. The zero-order valence-electron chi connectivity index (χ0n) is 16.6. The second-order valence-corrected chi connectivity index (χ2v) is 7.20. The molecular weight excluding hydrogens is 384 g/mol. The molecule has 5 nitrogen and oxygen atoms in total. The number of hydrogen-bond donors (Lipinski definition) is 0. The normalized spacial score (nSPS) is 10.4. The first-order valence-electron chi connectivity index (χ1n) is 9.29. The van der Waals surface area contributed by atoms with E-state index in [2.05, 4.69) is 11.6 Å². The molecule has 0 bridgehead atoms. The Morgan fingerprint density at radius 3 is 2.59 bits per heavy atom. The predicted molar refractivity (Wildman–Crippen MR) is 118 cm³/mol. The Morgan fingerprint density at radius 1 is 1.14 bits per heavy atom. The molecule has 0 spiro atoms. The summed E-state index contributed by atoms with van der Waals surface area (Å²) in [4.78, 5) is 19.3. The minimum atomic E-state index is 0.00801. The van der Waals surface area contributed by atoms with Gasteiger partial charge < -0.3 is 9.47 Å². The number of rotatable bonds is 9. The van der Waals surface area contributed by atoms with Gasteiger partial charge in [-0.15, -0.1) is 17.9 Å². The van der Waals surface area contributed by atoms with Crippen LogP contribution in [0.4, 0.5) is 5.13 Å². The smallest absolute Gasteiger partial charge is 0.229 e. The number of methoxy groups -OCH3 is 2. The van der Waals surface area contributed by atoms with Crippen molar-refractivity contribution in [3.63, 3.8) is 0 Å². The van der Waals surface area contributed by atoms with Crippen molar-refractivity contribution in [1.29, 1.82) is 0 Å². The Morgan fingerprint density at radius 2 is 1.90 bits per heavy atom. The van der Waals surface area contributed by atoms with E-state index >= 15 is 0 Å². The third kappa shape index (κ3) is 5.03. The lowest BCUT2D eigenvalue weighted by Gasteiger charge is -2.18. The van der Waals surface area contributed by atoms with Crippen molar-refractivity contribution in [1.82, 2.24) is 4.98 Å². The van der Waals surface area contributed by atoms with Gasteiger partial charge in [-0.2, -0.15) is 0 Å². The van der Waals surface area contributed by atoms with Crippen LogP contribution in [-0.2, 0) is 11.2 Å². The molecule has 1 amide bonds. The van der Waals surface area contributed by atoms with Crippen molar-refractivity contribution in [3.8, 4) is 22.8 Å². The van der Waals surface area contributed by atoms with Crippen molar-refractivity contribution in [2.24, 2.45) is 0 Å². The fourth-order valence-corrected chi connectivity index (χ4v) is 3.83. The predicted octanol–water partition coefficient (Wildman–Crippen LogP) is 4.98. The van der Waals surface area contributed by atoms with Crippen LogP contribution in [0.25, 0.3) is 11.3 Å². The SMILES string of the molecule is C=CCN(C(=O)CCc1ccc(OC)c(OC)c1)c1nc(-c2ccccc2)cs1. The third-order valence-corrected chi connectivity index (χ3v) is 5.34. The van der Waals surface area contributed by atoms with Crippen LogP contribution in [0.1, 0.15) is 12.0 Å². The monoisotopic (exact) mass is 408 g/mol. The summed E-state index contributed by atoms with van der Waals surface area (Å²) in [5.74, 6) is 1.34. The highest BCUT2D eigenvalue weighted by molar-refractivity contribution is 7.14. The van der Waals surface area contributed by atoms with Crippen molar-refractivity contribution in [2.45, 2.75) is 12.8 Å². The second-order valence-electron chi connectivity index (χ2n) is 6.36. The number of anilines is 1. The number of carbonyl (C=O) groups excluding carboxylic acids is 1. The Balaban J connectivity index is 1.72. The van der Waals surface area contributed by atoms with Gasteiger partial charge in [0, 0.05) is 23.9 Å². The van der Waals surface area contributed by atoms with Crippen LogP contribution in [0.2, 0.25) is 0 Å². The maximum absolute atomic E-state index is 12.9. The highest BCUT2D eigenvalue weighted by Gasteiger charge is 2.18. The molecule has 0 aliphatic carbocycles. The molecule has 3 rings (SSSR count). The molecule has 0 fully saturated rings. The Labute approximate surface area is 175 Å². The van der Waals surface area contributed by atoms with Crippen molar-refractivity contribution < 1.29 is 14.3 Å². The Kier molecular flexibility index (Phi) is 7.03. The number of nitrogens with zero attached hydrogens (tertiary/aromatic N) is 2. The van der Waals surface area contributed by atoms with Gasteiger partial charge >= 0.3 is 0 Å². The molecule has 0 saturated heterocycles. The number of amides is 1. The van der Waals surface area contributed by atoms with Crippen molar-refractivity contribution in [2.75, 3.05) is 25.7 Å². The number of ether oxygens (including phenoxy) is 2. The first-order chi connectivity index (χ1) is 14.2. The summed E-state index contributed by atoms with van der Waals surface area (Å²) < 4.78 is 10.6. The molecule has 29 heavy (non-hydrogen) atoms. The summed E-state index contributed by atoms with van der Waals surface area (Å²) in [6, 6.07) is 15.6. The van der Waals surface area contributed by atoms with Crippen LogP contribution in [0.5, 0.6) is 11.5 Å². The maximum Gasteiger partial charge on any atom is 0.229 e. The molecule has 0 aliphatic rings. The Bertz CT molecular complexity index is 969. The van der Waals surface area contributed by atoms with Crippen LogP contribution in [-0.4, -0.2) is 31.7 Å². The summed E-state index contributed by atoms with van der Waals surface area (Å²) in [6.45, 7) is 4.21. The molecule has 1 aromatic heterocycles. The zero-order chi connectivity index (χ0) is 20.6. The third-order valence-electron chi connectivity index (χ3n) is 4.48.